The zero-order chi connectivity index (χ0) is 21.5. The van der Waals surface area contributed by atoms with Crippen LogP contribution >= 0.6 is 0 Å². The average molecular weight is 411 g/mol. The molecule has 3 aromatic rings. The van der Waals surface area contributed by atoms with Gasteiger partial charge in [0.2, 0.25) is 11.8 Å². The lowest BCUT2D eigenvalue weighted by atomic mass is 10.1. The first-order chi connectivity index (χ1) is 14.4. The number of benzene rings is 2. The summed E-state index contributed by atoms with van der Waals surface area (Å²) in [6.07, 6.45) is -0.740. The predicted molar refractivity (Wildman–Crippen MR) is 107 cm³/mol. The second kappa shape index (κ2) is 9.78. The van der Waals surface area contributed by atoms with Crippen molar-refractivity contribution < 1.29 is 23.1 Å². The van der Waals surface area contributed by atoms with Crippen molar-refractivity contribution in [2.45, 2.75) is 39.3 Å². The van der Waals surface area contributed by atoms with Crippen LogP contribution in [0.2, 0.25) is 0 Å². The van der Waals surface area contributed by atoms with Gasteiger partial charge in [0.15, 0.2) is 6.10 Å². The number of esters is 1. The maximum Gasteiger partial charge on any atom is 0.307 e. The molecule has 0 aliphatic heterocycles. The Morgan fingerprint density at radius 2 is 1.80 bits per heavy atom. The molecule has 7 nitrogen and oxygen atoms in total. The molecule has 1 heterocycles. The van der Waals surface area contributed by atoms with E-state index in [0.29, 0.717) is 11.8 Å². The topological polar surface area (TPSA) is 94.3 Å². The Bertz CT molecular complexity index is 1000. The molecule has 3 rings (SSSR count). The Hall–Kier alpha value is -3.55. The monoisotopic (exact) mass is 411 g/mol. The number of carbonyl (C=O) groups excluding carboxylic acids is 2. The van der Waals surface area contributed by atoms with Gasteiger partial charge in [0.25, 0.3) is 5.91 Å². The maximum absolute atomic E-state index is 12.9. The van der Waals surface area contributed by atoms with Gasteiger partial charge in [-0.1, -0.05) is 29.8 Å². The molecule has 1 atom stereocenters. The number of aromatic nitrogens is 2. The molecule has 0 spiro atoms. The van der Waals surface area contributed by atoms with E-state index in [1.165, 1.54) is 19.1 Å². The number of ether oxygens (including phenoxy) is 1. The molecule has 0 saturated heterocycles. The first-order valence-corrected chi connectivity index (χ1v) is 9.52. The van der Waals surface area contributed by atoms with Gasteiger partial charge in [-0.2, -0.15) is 0 Å². The summed E-state index contributed by atoms with van der Waals surface area (Å²) in [5, 5.41) is 10.6. The smallest absolute Gasteiger partial charge is 0.307 e. The lowest BCUT2D eigenvalue weighted by Crippen LogP contribution is -2.35. The van der Waals surface area contributed by atoms with Crippen molar-refractivity contribution in [1.82, 2.24) is 15.5 Å². The number of halogens is 1. The van der Waals surface area contributed by atoms with Gasteiger partial charge >= 0.3 is 5.97 Å². The van der Waals surface area contributed by atoms with E-state index >= 15 is 0 Å². The molecule has 2 aromatic carbocycles. The quantitative estimate of drug-likeness (QED) is 0.571. The molecule has 0 fully saturated rings. The van der Waals surface area contributed by atoms with Crippen molar-refractivity contribution in [2.24, 2.45) is 0 Å². The molecule has 0 bridgehead atoms. The summed E-state index contributed by atoms with van der Waals surface area (Å²) in [7, 11) is 0. The van der Waals surface area contributed by atoms with E-state index in [-0.39, 0.29) is 25.2 Å². The molecule has 0 radical (unpaired) electrons. The largest absolute Gasteiger partial charge is 0.453 e. The second-order valence-electron chi connectivity index (χ2n) is 6.84. The number of nitrogens with zero attached hydrogens (tertiary/aromatic N) is 2. The lowest BCUT2D eigenvalue weighted by Gasteiger charge is -2.13. The van der Waals surface area contributed by atoms with E-state index in [9.17, 15) is 14.0 Å². The average Bonchev–Trinajstić information content (AvgIpc) is 3.21. The fourth-order valence-electron chi connectivity index (χ4n) is 2.62. The summed E-state index contributed by atoms with van der Waals surface area (Å²) < 4.78 is 23.6. The first kappa shape index (κ1) is 21.2. The van der Waals surface area contributed by atoms with Crippen molar-refractivity contribution in [3.63, 3.8) is 0 Å². The van der Waals surface area contributed by atoms with E-state index in [2.05, 4.69) is 15.5 Å². The Morgan fingerprint density at radius 1 is 1.10 bits per heavy atom. The maximum atomic E-state index is 12.9. The van der Waals surface area contributed by atoms with Gasteiger partial charge in [0.05, 0.1) is 6.42 Å². The van der Waals surface area contributed by atoms with E-state index < -0.39 is 18.0 Å². The minimum absolute atomic E-state index is 0.00507. The fourth-order valence-corrected chi connectivity index (χ4v) is 2.62. The van der Waals surface area contributed by atoms with E-state index in [1.807, 2.05) is 31.2 Å². The highest BCUT2D eigenvalue weighted by Gasteiger charge is 2.18. The van der Waals surface area contributed by atoms with Crippen LogP contribution in [-0.2, 0) is 27.3 Å². The molecular formula is C22H22FN3O4. The highest BCUT2D eigenvalue weighted by atomic mass is 19.1. The molecule has 1 N–H and O–H groups in total. The number of amides is 1. The highest BCUT2D eigenvalue weighted by molar-refractivity contribution is 5.83. The Kier molecular flexibility index (Phi) is 6.90. The summed E-state index contributed by atoms with van der Waals surface area (Å²) in [6, 6.07) is 13.4. The second-order valence-corrected chi connectivity index (χ2v) is 6.84. The molecular weight excluding hydrogens is 389 g/mol. The number of hydrogen-bond donors (Lipinski definition) is 1. The molecule has 0 aliphatic rings. The third-order valence-electron chi connectivity index (χ3n) is 4.37. The van der Waals surface area contributed by atoms with Crippen LogP contribution in [0, 0.1) is 12.7 Å². The van der Waals surface area contributed by atoms with Gasteiger partial charge in [-0.3, -0.25) is 9.59 Å². The summed E-state index contributed by atoms with van der Waals surface area (Å²) in [4.78, 5) is 24.1. The normalized spacial score (nSPS) is 11.7. The van der Waals surface area contributed by atoms with Gasteiger partial charge in [-0.15, -0.1) is 10.2 Å². The van der Waals surface area contributed by atoms with Crippen molar-refractivity contribution in [2.75, 3.05) is 0 Å². The van der Waals surface area contributed by atoms with Crippen LogP contribution in [0.5, 0.6) is 0 Å². The zero-order valence-corrected chi connectivity index (χ0v) is 16.7. The number of rotatable bonds is 8. The Morgan fingerprint density at radius 3 is 2.50 bits per heavy atom. The number of hydrogen-bond acceptors (Lipinski definition) is 6. The number of carbonyl (C=O) groups is 2. The van der Waals surface area contributed by atoms with Crippen molar-refractivity contribution >= 4 is 11.9 Å². The number of nitrogens with one attached hydrogen (secondary N) is 1. The van der Waals surface area contributed by atoms with Crippen LogP contribution in [0.3, 0.4) is 0 Å². The van der Waals surface area contributed by atoms with Crippen LogP contribution in [0.1, 0.15) is 30.4 Å². The lowest BCUT2D eigenvalue weighted by molar-refractivity contribution is -0.154. The summed E-state index contributed by atoms with van der Waals surface area (Å²) in [6.45, 7) is 3.68. The van der Waals surface area contributed by atoms with Crippen molar-refractivity contribution in [3.05, 3.63) is 71.4 Å². The molecule has 1 aromatic heterocycles. The fraction of sp³-hybridized carbons (Fsp3) is 0.273. The third-order valence-corrected chi connectivity index (χ3v) is 4.37. The van der Waals surface area contributed by atoms with Gasteiger partial charge in [-0.25, -0.2) is 4.39 Å². The summed E-state index contributed by atoms with van der Waals surface area (Å²) in [5.41, 5.74) is 2.66. The van der Waals surface area contributed by atoms with Crippen LogP contribution in [0.15, 0.2) is 52.9 Å². The SMILES string of the molecule is Cc1ccc(-c2nnc(CCC(=O)OC(C)C(=O)NCc3ccc(F)cc3)o2)cc1. The van der Waals surface area contributed by atoms with Crippen LogP contribution < -0.4 is 5.32 Å². The van der Waals surface area contributed by atoms with Gasteiger partial charge in [0, 0.05) is 18.5 Å². The van der Waals surface area contributed by atoms with Crippen LogP contribution in [-0.4, -0.2) is 28.2 Å². The minimum Gasteiger partial charge on any atom is -0.453 e. The predicted octanol–water partition coefficient (Wildman–Crippen LogP) is 3.36. The minimum atomic E-state index is -0.955. The molecule has 0 aliphatic carbocycles. The molecule has 8 heteroatoms. The molecule has 1 unspecified atom stereocenters. The summed E-state index contributed by atoms with van der Waals surface area (Å²) in [5.74, 6) is -0.635. The zero-order valence-electron chi connectivity index (χ0n) is 16.7. The summed E-state index contributed by atoms with van der Waals surface area (Å²) >= 11 is 0. The molecule has 156 valence electrons. The number of aryl methyl sites for hydroxylation is 2. The van der Waals surface area contributed by atoms with Crippen LogP contribution in [0.4, 0.5) is 4.39 Å². The van der Waals surface area contributed by atoms with Crippen LogP contribution in [0.25, 0.3) is 11.5 Å². The van der Waals surface area contributed by atoms with E-state index in [4.69, 9.17) is 9.15 Å². The van der Waals surface area contributed by atoms with Gasteiger partial charge in [0.1, 0.15) is 5.82 Å². The van der Waals surface area contributed by atoms with Gasteiger partial charge < -0.3 is 14.5 Å². The third kappa shape index (κ3) is 5.97. The molecule has 1 amide bonds. The van der Waals surface area contributed by atoms with Gasteiger partial charge in [-0.05, 0) is 43.7 Å². The van der Waals surface area contributed by atoms with Crippen molar-refractivity contribution in [1.29, 1.82) is 0 Å². The molecule has 0 saturated carbocycles. The van der Waals surface area contributed by atoms with E-state index in [0.717, 1.165) is 16.7 Å². The van der Waals surface area contributed by atoms with Crippen molar-refractivity contribution in [3.8, 4) is 11.5 Å². The Balaban J connectivity index is 1.43. The first-order valence-electron chi connectivity index (χ1n) is 9.52. The van der Waals surface area contributed by atoms with E-state index in [1.54, 1.807) is 12.1 Å². The molecule has 30 heavy (non-hydrogen) atoms. The standard InChI is InChI=1S/C22H22FN3O4/c1-14-3-7-17(8-4-14)22-26-25-19(30-22)11-12-20(27)29-15(2)21(28)24-13-16-5-9-18(23)10-6-16/h3-10,15H,11-13H2,1-2H3,(H,24,28). The highest BCUT2D eigenvalue weighted by Crippen LogP contribution is 2.18. The Labute approximate surface area is 173 Å².